The van der Waals surface area contributed by atoms with Crippen LogP contribution in [0, 0.1) is 0 Å². The predicted molar refractivity (Wildman–Crippen MR) is 55.6 cm³/mol. The summed E-state index contributed by atoms with van der Waals surface area (Å²) in [6.45, 7) is 6.03. The summed E-state index contributed by atoms with van der Waals surface area (Å²) in [5, 5.41) is 9.11. The number of carboxylic acids is 1. The highest BCUT2D eigenvalue weighted by atomic mass is 16.5. The molecule has 1 unspecified atom stereocenters. The Hall–Kier alpha value is -1.10. The van der Waals surface area contributed by atoms with E-state index in [4.69, 9.17) is 9.84 Å². The second kappa shape index (κ2) is 6.40. The molecule has 0 aromatic carbocycles. The average molecular weight is 217 g/mol. The molecule has 5 heteroatoms. The Morgan fingerprint density at radius 2 is 2.13 bits per heavy atom. The van der Waals surface area contributed by atoms with Crippen LogP contribution in [0.15, 0.2) is 0 Å². The number of ether oxygens (including phenoxy) is 1. The first kappa shape index (κ1) is 13.9. The quantitative estimate of drug-likeness (QED) is 0.609. The highest BCUT2D eigenvalue weighted by molar-refractivity contribution is 5.81. The second-order valence-corrected chi connectivity index (χ2v) is 3.51. The van der Waals surface area contributed by atoms with Crippen molar-refractivity contribution in [3.05, 3.63) is 0 Å². The fraction of sp³-hybridized carbons (Fsp3) is 0.800. The lowest BCUT2D eigenvalue weighted by Crippen LogP contribution is -2.55. The van der Waals surface area contributed by atoms with E-state index >= 15 is 0 Å². The first-order valence-corrected chi connectivity index (χ1v) is 5.06. The molecule has 0 saturated heterocycles. The highest BCUT2D eigenvalue weighted by Gasteiger charge is 2.39. The van der Waals surface area contributed by atoms with Crippen LogP contribution in [0.2, 0.25) is 0 Å². The van der Waals surface area contributed by atoms with Crippen molar-refractivity contribution >= 4 is 12.4 Å². The zero-order valence-corrected chi connectivity index (χ0v) is 9.52. The van der Waals surface area contributed by atoms with Crippen LogP contribution in [0.25, 0.3) is 0 Å². The van der Waals surface area contributed by atoms with E-state index in [1.165, 1.54) is 11.8 Å². The van der Waals surface area contributed by atoms with Crippen molar-refractivity contribution in [2.75, 3.05) is 19.8 Å². The third-order valence-electron chi connectivity index (χ3n) is 2.27. The molecule has 0 heterocycles. The van der Waals surface area contributed by atoms with Crippen LogP contribution in [0.4, 0.5) is 0 Å². The normalized spacial score (nSPS) is 14.3. The summed E-state index contributed by atoms with van der Waals surface area (Å²) < 4.78 is 5.11. The van der Waals surface area contributed by atoms with Crippen molar-refractivity contribution in [2.45, 2.75) is 32.7 Å². The van der Waals surface area contributed by atoms with Crippen LogP contribution in [-0.2, 0) is 14.3 Å². The maximum Gasteiger partial charge on any atom is 0.331 e. The lowest BCUT2D eigenvalue weighted by molar-refractivity contribution is -0.158. The summed E-state index contributed by atoms with van der Waals surface area (Å²) in [6.07, 6.45) is 1.28. The SMILES string of the molecule is CCCN(C=O)C(C)(COCC)C(=O)O. The maximum absolute atomic E-state index is 11.1. The van der Waals surface area contributed by atoms with Crippen LogP contribution < -0.4 is 0 Å². The van der Waals surface area contributed by atoms with Gasteiger partial charge >= 0.3 is 5.97 Å². The van der Waals surface area contributed by atoms with Gasteiger partial charge in [-0.25, -0.2) is 4.79 Å². The van der Waals surface area contributed by atoms with Crippen LogP contribution in [0.3, 0.4) is 0 Å². The summed E-state index contributed by atoms with van der Waals surface area (Å²) in [7, 11) is 0. The molecule has 15 heavy (non-hydrogen) atoms. The van der Waals surface area contributed by atoms with Gasteiger partial charge in [0.15, 0.2) is 5.54 Å². The zero-order valence-electron chi connectivity index (χ0n) is 9.52. The van der Waals surface area contributed by atoms with Crippen molar-refractivity contribution < 1.29 is 19.4 Å². The number of aliphatic carboxylic acids is 1. The van der Waals surface area contributed by atoms with Crippen molar-refractivity contribution in [3.8, 4) is 0 Å². The molecule has 1 amide bonds. The number of hydrogen-bond acceptors (Lipinski definition) is 3. The Morgan fingerprint density at radius 3 is 2.47 bits per heavy atom. The Labute approximate surface area is 90.0 Å². The van der Waals surface area contributed by atoms with E-state index in [2.05, 4.69) is 0 Å². The number of hydrogen-bond donors (Lipinski definition) is 1. The maximum atomic E-state index is 11.1. The molecule has 88 valence electrons. The summed E-state index contributed by atoms with van der Waals surface area (Å²) >= 11 is 0. The van der Waals surface area contributed by atoms with Crippen LogP contribution in [0.1, 0.15) is 27.2 Å². The smallest absolute Gasteiger partial charge is 0.331 e. The molecule has 0 bridgehead atoms. The summed E-state index contributed by atoms with van der Waals surface area (Å²) in [5.41, 5.74) is -1.27. The van der Waals surface area contributed by atoms with Crippen molar-refractivity contribution in [2.24, 2.45) is 0 Å². The van der Waals surface area contributed by atoms with Crippen LogP contribution >= 0.6 is 0 Å². The Balaban J connectivity index is 4.72. The van der Waals surface area contributed by atoms with Gasteiger partial charge in [-0.15, -0.1) is 0 Å². The van der Waals surface area contributed by atoms with Crippen molar-refractivity contribution in [3.63, 3.8) is 0 Å². The second-order valence-electron chi connectivity index (χ2n) is 3.51. The number of carboxylic acid groups (broad SMARTS) is 1. The minimum Gasteiger partial charge on any atom is -0.479 e. The van der Waals surface area contributed by atoms with Gasteiger partial charge in [0.25, 0.3) is 0 Å². The summed E-state index contributed by atoms with van der Waals surface area (Å²) in [5.74, 6) is -1.04. The van der Waals surface area contributed by atoms with Crippen LogP contribution in [-0.4, -0.2) is 47.7 Å². The van der Waals surface area contributed by atoms with Gasteiger partial charge in [0.1, 0.15) is 0 Å². The molecule has 0 aliphatic heterocycles. The lowest BCUT2D eigenvalue weighted by atomic mass is 10.0. The molecule has 0 aromatic rings. The molecule has 0 spiro atoms. The summed E-state index contributed by atoms with van der Waals surface area (Å²) in [6, 6.07) is 0. The highest BCUT2D eigenvalue weighted by Crippen LogP contribution is 2.15. The zero-order chi connectivity index (χ0) is 11.9. The lowest BCUT2D eigenvalue weighted by Gasteiger charge is -2.34. The average Bonchev–Trinajstić information content (AvgIpc) is 2.22. The van der Waals surface area contributed by atoms with Gasteiger partial charge in [-0.2, -0.15) is 0 Å². The fourth-order valence-electron chi connectivity index (χ4n) is 1.22. The van der Waals surface area contributed by atoms with E-state index in [0.29, 0.717) is 26.0 Å². The predicted octanol–water partition coefficient (Wildman–Crippen LogP) is 0.735. The Kier molecular flexibility index (Phi) is 5.93. The molecule has 1 N–H and O–H groups in total. The summed E-state index contributed by atoms with van der Waals surface area (Å²) in [4.78, 5) is 23.2. The molecular weight excluding hydrogens is 198 g/mol. The monoisotopic (exact) mass is 217 g/mol. The fourth-order valence-corrected chi connectivity index (χ4v) is 1.22. The van der Waals surface area contributed by atoms with E-state index in [1.807, 2.05) is 6.92 Å². The van der Waals surface area contributed by atoms with Gasteiger partial charge in [-0.1, -0.05) is 6.92 Å². The number of nitrogens with zero attached hydrogens (tertiary/aromatic N) is 1. The minimum absolute atomic E-state index is 0.0115. The molecular formula is C10H19NO4. The van der Waals surface area contributed by atoms with Gasteiger partial charge < -0.3 is 14.7 Å². The molecule has 0 radical (unpaired) electrons. The van der Waals surface area contributed by atoms with Gasteiger partial charge in [0.05, 0.1) is 6.61 Å². The Morgan fingerprint density at radius 1 is 1.53 bits per heavy atom. The van der Waals surface area contributed by atoms with Gasteiger partial charge in [0.2, 0.25) is 6.41 Å². The largest absolute Gasteiger partial charge is 0.479 e. The number of carbonyl (C=O) groups is 2. The number of carbonyl (C=O) groups excluding carboxylic acids is 1. The minimum atomic E-state index is -1.27. The Bertz CT molecular complexity index is 219. The molecule has 0 saturated carbocycles. The van der Waals surface area contributed by atoms with E-state index in [9.17, 15) is 9.59 Å². The van der Waals surface area contributed by atoms with Crippen molar-refractivity contribution in [1.82, 2.24) is 4.90 Å². The number of rotatable bonds is 8. The first-order valence-electron chi connectivity index (χ1n) is 5.06. The molecule has 5 nitrogen and oxygen atoms in total. The van der Waals surface area contributed by atoms with Crippen molar-refractivity contribution in [1.29, 1.82) is 0 Å². The molecule has 0 aromatic heterocycles. The molecule has 0 fully saturated rings. The van der Waals surface area contributed by atoms with E-state index in [1.54, 1.807) is 6.92 Å². The standard InChI is InChI=1S/C10H19NO4/c1-4-6-11(8-12)10(3,9(13)14)7-15-5-2/h8H,4-7H2,1-3H3,(H,13,14). The van der Waals surface area contributed by atoms with Gasteiger partial charge in [-0.05, 0) is 20.3 Å². The van der Waals surface area contributed by atoms with Crippen LogP contribution in [0.5, 0.6) is 0 Å². The topological polar surface area (TPSA) is 66.8 Å². The molecule has 0 rings (SSSR count). The molecule has 0 aliphatic carbocycles. The third-order valence-corrected chi connectivity index (χ3v) is 2.27. The first-order chi connectivity index (χ1) is 7.02. The van der Waals surface area contributed by atoms with Gasteiger partial charge in [-0.3, -0.25) is 4.79 Å². The van der Waals surface area contributed by atoms with E-state index in [0.717, 1.165) is 0 Å². The van der Waals surface area contributed by atoms with E-state index in [-0.39, 0.29) is 6.61 Å². The number of amides is 1. The molecule has 1 atom stereocenters. The van der Waals surface area contributed by atoms with Gasteiger partial charge in [0, 0.05) is 13.2 Å². The third kappa shape index (κ3) is 3.51. The molecule has 0 aliphatic rings. The van der Waals surface area contributed by atoms with E-state index < -0.39 is 11.5 Å².